The summed E-state index contributed by atoms with van der Waals surface area (Å²) in [6.07, 6.45) is 0. The van der Waals surface area contributed by atoms with Crippen LogP contribution in [0.5, 0.6) is 11.5 Å². The molecule has 2 heterocycles. The molecule has 4 rings (SSSR count). The molecule has 150 valence electrons. The third-order valence-electron chi connectivity index (χ3n) is 6.53. The van der Waals surface area contributed by atoms with E-state index >= 15 is 0 Å². The van der Waals surface area contributed by atoms with Gasteiger partial charge in [-0.3, -0.25) is 4.90 Å². The maximum Gasteiger partial charge on any atom is 0.123 e. The molecule has 0 radical (unpaired) electrons. The van der Waals surface area contributed by atoms with Crippen molar-refractivity contribution in [1.82, 2.24) is 4.90 Å². The van der Waals surface area contributed by atoms with Crippen molar-refractivity contribution in [2.75, 3.05) is 40.5 Å². The first kappa shape index (κ1) is 19.3. The van der Waals surface area contributed by atoms with Gasteiger partial charge < -0.3 is 14.2 Å². The fourth-order valence-electron chi connectivity index (χ4n) is 5.23. The van der Waals surface area contributed by atoms with Crippen molar-refractivity contribution < 1.29 is 14.2 Å². The Hall–Kier alpha value is -2.04. The summed E-state index contributed by atoms with van der Waals surface area (Å²) >= 11 is 0. The smallest absolute Gasteiger partial charge is 0.123 e. The van der Waals surface area contributed by atoms with Gasteiger partial charge in [-0.25, -0.2) is 0 Å². The summed E-state index contributed by atoms with van der Waals surface area (Å²) in [6, 6.07) is 16.9. The zero-order valence-corrected chi connectivity index (χ0v) is 17.4. The number of methoxy groups -OCH3 is 2. The fourth-order valence-corrected chi connectivity index (χ4v) is 5.23. The Labute approximate surface area is 168 Å². The molecule has 0 amide bonds. The predicted molar refractivity (Wildman–Crippen MR) is 111 cm³/mol. The van der Waals surface area contributed by atoms with Crippen molar-refractivity contribution in [3.05, 3.63) is 59.7 Å². The van der Waals surface area contributed by atoms with E-state index in [2.05, 4.69) is 61.2 Å². The summed E-state index contributed by atoms with van der Waals surface area (Å²) in [5.74, 6) is 2.27. The highest BCUT2D eigenvalue weighted by molar-refractivity contribution is 5.48. The van der Waals surface area contributed by atoms with E-state index < -0.39 is 0 Å². The molecule has 2 aliphatic heterocycles. The minimum atomic E-state index is -0.118. The number of ether oxygens (including phenoxy) is 3. The number of benzene rings is 2. The molecule has 0 saturated carbocycles. The van der Waals surface area contributed by atoms with Crippen LogP contribution in [0.4, 0.5) is 0 Å². The summed E-state index contributed by atoms with van der Waals surface area (Å²) in [6.45, 7) is 8.99. The van der Waals surface area contributed by atoms with Crippen LogP contribution in [0, 0.1) is 11.3 Å². The minimum Gasteiger partial charge on any atom is -0.497 e. The number of rotatable bonds is 5. The third-order valence-corrected chi connectivity index (χ3v) is 6.53. The van der Waals surface area contributed by atoms with Crippen LogP contribution in [0.2, 0.25) is 0 Å². The Kier molecular flexibility index (Phi) is 5.11. The molecule has 0 aliphatic carbocycles. The lowest BCUT2D eigenvalue weighted by atomic mass is 9.63. The van der Waals surface area contributed by atoms with Crippen molar-refractivity contribution in [3.63, 3.8) is 0 Å². The Balaban J connectivity index is 1.78. The van der Waals surface area contributed by atoms with Gasteiger partial charge in [0.1, 0.15) is 11.5 Å². The lowest BCUT2D eigenvalue weighted by Gasteiger charge is -2.40. The largest absolute Gasteiger partial charge is 0.497 e. The van der Waals surface area contributed by atoms with Gasteiger partial charge in [0, 0.05) is 43.1 Å². The first-order valence-electron chi connectivity index (χ1n) is 10.0. The molecule has 0 bridgehead atoms. The zero-order chi connectivity index (χ0) is 19.8. The van der Waals surface area contributed by atoms with Gasteiger partial charge in [0.25, 0.3) is 0 Å². The lowest BCUT2D eigenvalue weighted by molar-refractivity contribution is 0.0532. The third kappa shape index (κ3) is 3.29. The number of fused-ring (bicyclic) bond motifs is 3. The summed E-state index contributed by atoms with van der Waals surface area (Å²) in [4.78, 5) is 2.58. The first-order valence-corrected chi connectivity index (χ1v) is 10.0. The van der Waals surface area contributed by atoms with E-state index in [9.17, 15) is 0 Å². The molecule has 2 aliphatic rings. The van der Waals surface area contributed by atoms with E-state index in [1.807, 2.05) is 13.2 Å². The van der Waals surface area contributed by atoms with Gasteiger partial charge in [0.05, 0.1) is 20.3 Å². The Morgan fingerprint density at radius 2 is 1.89 bits per heavy atom. The molecule has 0 unspecified atom stereocenters. The molecular formula is C24H31NO3. The minimum absolute atomic E-state index is 0.0379. The topological polar surface area (TPSA) is 30.9 Å². The second-order valence-corrected chi connectivity index (χ2v) is 8.94. The second-order valence-electron chi connectivity index (χ2n) is 8.94. The standard InChI is InChI=1S/C24H31NO3/c1-23(2)16-28-21-11-10-19(27-4)12-20(21)24(17-26-3)15-25(14-22(23)24)13-18-8-6-5-7-9-18/h5-12,22H,13-17H2,1-4H3/t22-,24-/m1/s1. The molecule has 0 spiro atoms. The number of likely N-dealkylation sites (tertiary alicyclic amines) is 1. The van der Waals surface area contributed by atoms with E-state index in [1.165, 1.54) is 11.1 Å². The number of hydrogen-bond donors (Lipinski definition) is 0. The van der Waals surface area contributed by atoms with Crippen LogP contribution in [-0.4, -0.2) is 45.4 Å². The summed E-state index contributed by atoms with van der Waals surface area (Å²) in [5.41, 5.74) is 2.50. The van der Waals surface area contributed by atoms with Crippen molar-refractivity contribution in [1.29, 1.82) is 0 Å². The molecule has 1 saturated heterocycles. The zero-order valence-electron chi connectivity index (χ0n) is 17.4. The summed E-state index contributed by atoms with van der Waals surface area (Å²) < 4.78 is 17.7. The maximum atomic E-state index is 6.29. The Morgan fingerprint density at radius 1 is 1.11 bits per heavy atom. The molecule has 2 aromatic carbocycles. The highest BCUT2D eigenvalue weighted by Gasteiger charge is 2.56. The Bertz CT molecular complexity index is 820. The van der Waals surface area contributed by atoms with Crippen LogP contribution in [0.1, 0.15) is 25.0 Å². The summed E-state index contributed by atoms with van der Waals surface area (Å²) in [5, 5.41) is 0. The molecule has 1 fully saturated rings. The lowest BCUT2D eigenvalue weighted by Crippen LogP contribution is -2.46. The van der Waals surface area contributed by atoms with Crippen LogP contribution in [0.3, 0.4) is 0 Å². The number of hydrogen-bond acceptors (Lipinski definition) is 4. The normalized spacial score (nSPS) is 26.1. The van der Waals surface area contributed by atoms with Crippen molar-refractivity contribution in [2.45, 2.75) is 25.8 Å². The van der Waals surface area contributed by atoms with Crippen molar-refractivity contribution in [2.24, 2.45) is 11.3 Å². The SMILES string of the molecule is COC[C@@]12CN(Cc3ccccc3)C[C@@H]1C(C)(C)COc1ccc(OC)cc12. The Morgan fingerprint density at radius 3 is 2.61 bits per heavy atom. The van der Waals surface area contributed by atoms with E-state index in [-0.39, 0.29) is 10.8 Å². The molecule has 0 aromatic heterocycles. The molecule has 2 atom stereocenters. The predicted octanol–water partition coefficient (Wildman–Crippen LogP) is 4.13. The maximum absolute atomic E-state index is 6.29. The van der Waals surface area contributed by atoms with Crippen LogP contribution >= 0.6 is 0 Å². The van der Waals surface area contributed by atoms with Crippen molar-refractivity contribution >= 4 is 0 Å². The second kappa shape index (κ2) is 7.41. The van der Waals surface area contributed by atoms with Gasteiger partial charge in [-0.2, -0.15) is 0 Å². The van der Waals surface area contributed by atoms with E-state index in [0.717, 1.165) is 31.1 Å². The average molecular weight is 382 g/mol. The number of nitrogens with zero attached hydrogens (tertiary/aromatic N) is 1. The van der Waals surface area contributed by atoms with Crippen LogP contribution in [0.15, 0.2) is 48.5 Å². The van der Waals surface area contributed by atoms with Gasteiger partial charge >= 0.3 is 0 Å². The van der Waals surface area contributed by atoms with Gasteiger partial charge in [0.2, 0.25) is 0 Å². The summed E-state index contributed by atoms with van der Waals surface area (Å²) in [7, 11) is 3.53. The van der Waals surface area contributed by atoms with E-state index in [4.69, 9.17) is 14.2 Å². The molecule has 2 aromatic rings. The van der Waals surface area contributed by atoms with Gasteiger partial charge in [-0.05, 0) is 29.7 Å². The first-order chi connectivity index (χ1) is 13.5. The molecule has 4 heteroatoms. The average Bonchev–Trinajstić information content (AvgIpc) is 3.03. The van der Waals surface area contributed by atoms with Gasteiger partial charge in [-0.1, -0.05) is 44.2 Å². The van der Waals surface area contributed by atoms with Crippen LogP contribution < -0.4 is 9.47 Å². The van der Waals surface area contributed by atoms with Gasteiger partial charge in [0.15, 0.2) is 0 Å². The monoisotopic (exact) mass is 381 g/mol. The van der Waals surface area contributed by atoms with Crippen molar-refractivity contribution in [3.8, 4) is 11.5 Å². The highest BCUT2D eigenvalue weighted by atomic mass is 16.5. The molecular weight excluding hydrogens is 350 g/mol. The highest BCUT2D eigenvalue weighted by Crippen LogP contribution is 2.53. The van der Waals surface area contributed by atoms with Crippen LogP contribution in [0.25, 0.3) is 0 Å². The van der Waals surface area contributed by atoms with Gasteiger partial charge in [-0.15, -0.1) is 0 Å². The van der Waals surface area contributed by atoms with Crippen LogP contribution in [-0.2, 0) is 16.7 Å². The quantitative estimate of drug-likeness (QED) is 0.779. The molecule has 0 N–H and O–H groups in total. The molecule has 4 nitrogen and oxygen atoms in total. The van der Waals surface area contributed by atoms with E-state index in [0.29, 0.717) is 19.1 Å². The fraction of sp³-hybridized carbons (Fsp3) is 0.500. The molecule has 28 heavy (non-hydrogen) atoms. The van der Waals surface area contributed by atoms with E-state index in [1.54, 1.807) is 7.11 Å².